The molecule has 2 N–H and O–H groups in total. The van der Waals surface area contributed by atoms with Crippen LogP contribution in [0.25, 0.3) is 0 Å². The number of hydrogen-bond donors (Lipinski definition) is 2. The van der Waals surface area contributed by atoms with E-state index in [9.17, 15) is 9.90 Å². The number of hydrogen-bond acceptors (Lipinski definition) is 2. The summed E-state index contributed by atoms with van der Waals surface area (Å²) in [5.41, 5.74) is 0. The number of carbonyl (C=O) groups is 1. The van der Waals surface area contributed by atoms with Crippen LogP contribution >= 0.6 is 0 Å². The van der Waals surface area contributed by atoms with Crippen molar-refractivity contribution in [2.45, 2.75) is 59.0 Å². The van der Waals surface area contributed by atoms with Gasteiger partial charge in [0.25, 0.3) is 0 Å². The zero-order valence-electron chi connectivity index (χ0n) is 11.4. The molecule has 4 unspecified atom stereocenters. The fourth-order valence-electron chi connectivity index (χ4n) is 2.43. The summed E-state index contributed by atoms with van der Waals surface area (Å²) in [5, 5.41) is 12.8. The monoisotopic (exact) mass is 241 g/mol. The van der Waals surface area contributed by atoms with Crippen LogP contribution in [0.1, 0.15) is 52.9 Å². The Labute approximate surface area is 105 Å². The van der Waals surface area contributed by atoms with Crippen LogP contribution in [-0.4, -0.2) is 23.7 Å². The predicted molar refractivity (Wildman–Crippen MR) is 69.6 cm³/mol. The first-order chi connectivity index (χ1) is 8.06. The highest BCUT2D eigenvalue weighted by molar-refractivity contribution is 5.78. The van der Waals surface area contributed by atoms with Crippen molar-refractivity contribution in [1.29, 1.82) is 0 Å². The van der Waals surface area contributed by atoms with Gasteiger partial charge in [0.15, 0.2) is 0 Å². The summed E-state index contributed by atoms with van der Waals surface area (Å²) >= 11 is 0. The summed E-state index contributed by atoms with van der Waals surface area (Å²) in [6.07, 6.45) is 5.04. The molecule has 1 saturated carbocycles. The Morgan fingerprint density at radius 1 is 1.35 bits per heavy atom. The fraction of sp³-hybridized carbons (Fsp3) is 0.929. The van der Waals surface area contributed by atoms with Crippen LogP contribution in [0.3, 0.4) is 0 Å². The van der Waals surface area contributed by atoms with Gasteiger partial charge in [-0.25, -0.2) is 0 Å². The number of rotatable bonds is 5. The van der Waals surface area contributed by atoms with Crippen LogP contribution in [0, 0.1) is 17.8 Å². The molecule has 1 aliphatic carbocycles. The molecule has 1 rings (SSSR count). The molecule has 1 aliphatic rings. The molecule has 0 bridgehead atoms. The van der Waals surface area contributed by atoms with Crippen LogP contribution in [-0.2, 0) is 4.79 Å². The van der Waals surface area contributed by atoms with Gasteiger partial charge in [-0.3, -0.25) is 4.79 Å². The predicted octanol–water partition coefficient (Wildman–Crippen LogP) is 2.34. The number of nitrogens with one attached hydrogen (secondary N) is 1. The van der Waals surface area contributed by atoms with Gasteiger partial charge in [0.05, 0.1) is 6.10 Å². The quantitative estimate of drug-likeness (QED) is 0.776. The Kier molecular flexibility index (Phi) is 5.96. The Hall–Kier alpha value is -0.570. The highest BCUT2D eigenvalue weighted by Crippen LogP contribution is 2.24. The van der Waals surface area contributed by atoms with E-state index in [2.05, 4.69) is 19.2 Å². The van der Waals surface area contributed by atoms with E-state index in [4.69, 9.17) is 0 Å². The van der Waals surface area contributed by atoms with Crippen molar-refractivity contribution < 1.29 is 9.90 Å². The number of amides is 1. The zero-order chi connectivity index (χ0) is 12.8. The van der Waals surface area contributed by atoms with Crippen LogP contribution in [0.2, 0.25) is 0 Å². The van der Waals surface area contributed by atoms with Crippen molar-refractivity contribution >= 4 is 5.91 Å². The van der Waals surface area contributed by atoms with E-state index in [1.54, 1.807) is 0 Å². The highest BCUT2D eigenvalue weighted by Gasteiger charge is 2.25. The molecule has 3 heteroatoms. The molecule has 0 spiro atoms. The van der Waals surface area contributed by atoms with Gasteiger partial charge in [-0.1, -0.05) is 40.0 Å². The summed E-state index contributed by atoms with van der Waals surface area (Å²) in [6.45, 7) is 6.85. The lowest BCUT2D eigenvalue weighted by Crippen LogP contribution is -2.39. The highest BCUT2D eigenvalue weighted by atomic mass is 16.3. The van der Waals surface area contributed by atoms with E-state index in [1.807, 2.05) is 6.92 Å². The summed E-state index contributed by atoms with van der Waals surface area (Å²) in [5.74, 6) is 0.890. The molecule has 0 saturated heterocycles. The lowest BCUT2D eigenvalue weighted by Gasteiger charge is -2.28. The zero-order valence-corrected chi connectivity index (χ0v) is 11.4. The van der Waals surface area contributed by atoms with Crippen LogP contribution in [0.15, 0.2) is 0 Å². The molecule has 1 fully saturated rings. The largest absolute Gasteiger partial charge is 0.393 e. The molecule has 0 heterocycles. The first-order valence-corrected chi connectivity index (χ1v) is 7.02. The molecule has 0 aromatic rings. The summed E-state index contributed by atoms with van der Waals surface area (Å²) < 4.78 is 0. The van der Waals surface area contributed by atoms with Gasteiger partial charge in [-0.2, -0.15) is 0 Å². The topological polar surface area (TPSA) is 49.3 Å². The molecule has 4 atom stereocenters. The van der Waals surface area contributed by atoms with Crippen LogP contribution < -0.4 is 5.32 Å². The number of carbonyl (C=O) groups excluding carboxylic acids is 1. The molecule has 17 heavy (non-hydrogen) atoms. The molecule has 0 aliphatic heterocycles. The maximum atomic E-state index is 11.9. The van der Waals surface area contributed by atoms with Crippen molar-refractivity contribution in [2.75, 3.05) is 6.54 Å². The number of aliphatic hydroxyl groups excluding tert-OH is 1. The molecule has 3 nitrogen and oxygen atoms in total. The maximum absolute atomic E-state index is 11.9. The molecule has 1 amide bonds. The Balaban J connectivity index is 2.31. The molecule has 0 aromatic carbocycles. The third-order valence-corrected chi connectivity index (χ3v) is 4.32. The molecule has 0 radical (unpaired) electrons. The standard InChI is InChI=1S/C14H27NO2/c1-4-10(2)11(3)14(17)15-9-12-7-5-6-8-13(12)16/h10-13,16H,4-9H2,1-3H3,(H,15,17). The maximum Gasteiger partial charge on any atom is 0.223 e. The summed E-state index contributed by atoms with van der Waals surface area (Å²) in [4.78, 5) is 11.9. The lowest BCUT2D eigenvalue weighted by atomic mass is 9.86. The van der Waals surface area contributed by atoms with Crippen molar-refractivity contribution in [2.24, 2.45) is 17.8 Å². The van der Waals surface area contributed by atoms with Crippen molar-refractivity contribution in [1.82, 2.24) is 5.32 Å². The summed E-state index contributed by atoms with van der Waals surface area (Å²) in [6, 6.07) is 0. The van der Waals surface area contributed by atoms with Crippen LogP contribution in [0.4, 0.5) is 0 Å². The van der Waals surface area contributed by atoms with Gasteiger partial charge >= 0.3 is 0 Å². The average molecular weight is 241 g/mol. The van der Waals surface area contributed by atoms with Crippen molar-refractivity contribution in [3.05, 3.63) is 0 Å². The molecule has 100 valence electrons. The Bertz CT molecular complexity index is 242. The molecule has 0 aromatic heterocycles. The Morgan fingerprint density at radius 2 is 2.00 bits per heavy atom. The third kappa shape index (κ3) is 4.30. The minimum Gasteiger partial charge on any atom is -0.393 e. The van der Waals surface area contributed by atoms with E-state index in [-0.39, 0.29) is 23.8 Å². The second-order valence-electron chi connectivity index (χ2n) is 5.53. The normalized spacial score (nSPS) is 28.5. The first kappa shape index (κ1) is 14.5. The molecular weight excluding hydrogens is 214 g/mol. The van der Waals surface area contributed by atoms with E-state index < -0.39 is 0 Å². The minimum absolute atomic E-state index is 0.0701. The minimum atomic E-state index is -0.219. The van der Waals surface area contributed by atoms with Gasteiger partial charge in [0, 0.05) is 18.4 Å². The third-order valence-electron chi connectivity index (χ3n) is 4.32. The molecular formula is C14H27NO2. The second kappa shape index (κ2) is 7.00. The Morgan fingerprint density at radius 3 is 2.59 bits per heavy atom. The van der Waals surface area contributed by atoms with E-state index >= 15 is 0 Å². The van der Waals surface area contributed by atoms with Gasteiger partial charge in [0.2, 0.25) is 5.91 Å². The van der Waals surface area contributed by atoms with E-state index in [1.165, 1.54) is 6.42 Å². The lowest BCUT2D eigenvalue weighted by molar-refractivity contribution is -0.126. The van der Waals surface area contributed by atoms with Crippen molar-refractivity contribution in [3.63, 3.8) is 0 Å². The smallest absolute Gasteiger partial charge is 0.223 e. The summed E-state index contributed by atoms with van der Waals surface area (Å²) in [7, 11) is 0. The van der Waals surface area contributed by atoms with Gasteiger partial charge in [0.1, 0.15) is 0 Å². The second-order valence-corrected chi connectivity index (χ2v) is 5.53. The van der Waals surface area contributed by atoms with Gasteiger partial charge in [-0.15, -0.1) is 0 Å². The van der Waals surface area contributed by atoms with Crippen LogP contribution in [0.5, 0.6) is 0 Å². The average Bonchev–Trinajstić information content (AvgIpc) is 2.35. The van der Waals surface area contributed by atoms with E-state index in [0.29, 0.717) is 12.5 Å². The SMILES string of the molecule is CCC(C)C(C)C(=O)NCC1CCCCC1O. The first-order valence-electron chi connectivity index (χ1n) is 7.02. The van der Waals surface area contributed by atoms with Gasteiger partial charge < -0.3 is 10.4 Å². The number of aliphatic hydroxyl groups is 1. The fourth-order valence-corrected chi connectivity index (χ4v) is 2.43. The van der Waals surface area contributed by atoms with Crippen molar-refractivity contribution in [3.8, 4) is 0 Å². The van der Waals surface area contributed by atoms with E-state index in [0.717, 1.165) is 25.7 Å². The van der Waals surface area contributed by atoms with Gasteiger partial charge in [-0.05, 0) is 18.8 Å².